The van der Waals surface area contributed by atoms with Gasteiger partial charge in [0.15, 0.2) is 11.5 Å². The fraction of sp³-hybridized carbons (Fsp3) is 0.600. The van der Waals surface area contributed by atoms with E-state index in [1.807, 2.05) is 6.07 Å². The van der Waals surface area contributed by atoms with Gasteiger partial charge in [-0.15, -0.1) is 0 Å². The molecule has 106 valence electrons. The van der Waals surface area contributed by atoms with Gasteiger partial charge in [-0.1, -0.05) is 6.92 Å². The Labute approximate surface area is 123 Å². The van der Waals surface area contributed by atoms with Crippen LogP contribution in [0.5, 0.6) is 11.5 Å². The topological polar surface area (TPSA) is 30.5 Å². The maximum atomic E-state index is 5.36. The number of halogens is 1. The molecule has 1 aromatic rings. The Bertz CT molecular complexity index is 436. The van der Waals surface area contributed by atoms with E-state index >= 15 is 0 Å². The quantitative estimate of drug-likeness (QED) is 0.893. The number of hydrogen-bond donors (Lipinski definition) is 1. The summed E-state index contributed by atoms with van der Waals surface area (Å²) in [7, 11) is 3.32. The van der Waals surface area contributed by atoms with Crippen molar-refractivity contribution in [2.45, 2.75) is 38.8 Å². The van der Waals surface area contributed by atoms with Gasteiger partial charge in [0.2, 0.25) is 0 Å². The molecular formula is C15H22BrNO2. The Morgan fingerprint density at radius 2 is 2.05 bits per heavy atom. The molecule has 0 aromatic heterocycles. The molecule has 19 heavy (non-hydrogen) atoms. The molecule has 2 atom stereocenters. The minimum atomic E-state index is 0.655. The summed E-state index contributed by atoms with van der Waals surface area (Å²) in [6.45, 7) is 3.20. The lowest BCUT2D eigenvalue weighted by atomic mass is 10.1. The molecule has 1 aliphatic carbocycles. The van der Waals surface area contributed by atoms with E-state index in [1.165, 1.54) is 24.8 Å². The predicted molar refractivity (Wildman–Crippen MR) is 80.9 cm³/mol. The van der Waals surface area contributed by atoms with Gasteiger partial charge in [-0.3, -0.25) is 0 Å². The third-order valence-corrected chi connectivity index (χ3v) is 4.37. The van der Waals surface area contributed by atoms with E-state index in [-0.39, 0.29) is 0 Å². The van der Waals surface area contributed by atoms with Crippen LogP contribution in [0.15, 0.2) is 16.6 Å². The van der Waals surface area contributed by atoms with Crippen molar-refractivity contribution < 1.29 is 9.47 Å². The molecular weight excluding hydrogens is 306 g/mol. The Kier molecular flexibility index (Phi) is 5.11. The molecule has 0 aliphatic heterocycles. The van der Waals surface area contributed by atoms with Crippen molar-refractivity contribution in [2.24, 2.45) is 5.92 Å². The van der Waals surface area contributed by atoms with Crippen LogP contribution in [0, 0.1) is 5.92 Å². The van der Waals surface area contributed by atoms with E-state index in [2.05, 4.69) is 34.2 Å². The monoisotopic (exact) mass is 327 g/mol. The van der Waals surface area contributed by atoms with Gasteiger partial charge in [-0.05, 0) is 58.8 Å². The van der Waals surface area contributed by atoms with Gasteiger partial charge in [0.05, 0.1) is 18.7 Å². The second-order valence-corrected chi connectivity index (χ2v) is 6.16. The maximum Gasteiger partial charge on any atom is 0.174 e. The van der Waals surface area contributed by atoms with Gasteiger partial charge in [0, 0.05) is 12.6 Å². The molecule has 2 unspecified atom stereocenters. The highest BCUT2D eigenvalue weighted by atomic mass is 79.9. The summed E-state index contributed by atoms with van der Waals surface area (Å²) in [6, 6.07) is 4.78. The first-order valence-electron chi connectivity index (χ1n) is 6.77. The third-order valence-electron chi connectivity index (χ3n) is 3.78. The molecule has 4 heteroatoms. The summed E-state index contributed by atoms with van der Waals surface area (Å²) in [5.74, 6) is 2.38. The van der Waals surface area contributed by atoms with E-state index in [4.69, 9.17) is 9.47 Å². The van der Waals surface area contributed by atoms with Crippen LogP contribution in [0.1, 0.15) is 31.7 Å². The second-order valence-electron chi connectivity index (χ2n) is 5.31. The van der Waals surface area contributed by atoms with E-state index in [9.17, 15) is 0 Å². The summed E-state index contributed by atoms with van der Waals surface area (Å²) in [5.41, 5.74) is 1.21. The van der Waals surface area contributed by atoms with Gasteiger partial charge in [-0.2, -0.15) is 0 Å². The van der Waals surface area contributed by atoms with Crippen LogP contribution in [-0.2, 0) is 6.54 Å². The lowest BCUT2D eigenvalue weighted by molar-refractivity contribution is 0.352. The van der Waals surface area contributed by atoms with Crippen LogP contribution in [0.3, 0.4) is 0 Å². The van der Waals surface area contributed by atoms with Crippen molar-refractivity contribution in [3.63, 3.8) is 0 Å². The fourth-order valence-electron chi connectivity index (χ4n) is 2.73. The molecule has 0 amide bonds. The Hall–Kier alpha value is -0.740. The molecule has 1 N–H and O–H groups in total. The Morgan fingerprint density at radius 3 is 2.63 bits per heavy atom. The standard InChI is InChI=1S/C15H22BrNO2/c1-10-4-5-12(6-10)17-9-11-7-13(16)15(19-3)14(8-11)18-2/h7-8,10,12,17H,4-6,9H2,1-3H3. The summed E-state index contributed by atoms with van der Waals surface area (Å²) in [4.78, 5) is 0. The summed E-state index contributed by atoms with van der Waals surface area (Å²) >= 11 is 3.53. The van der Waals surface area contributed by atoms with Gasteiger partial charge in [-0.25, -0.2) is 0 Å². The van der Waals surface area contributed by atoms with Crippen LogP contribution in [-0.4, -0.2) is 20.3 Å². The summed E-state index contributed by atoms with van der Waals surface area (Å²) in [6.07, 6.45) is 3.91. The zero-order chi connectivity index (χ0) is 13.8. The normalized spacial score (nSPS) is 22.5. The van der Waals surface area contributed by atoms with E-state index in [1.54, 1.807) is 14.2 Å². The van der Waals surface area contributed by atoms with Crippen LogP contribution in [0.4, 0.5) is 0 Å². The Morgan fingerprint density at radius 1 is 1.26 bits per heavy atom. The molecule has 1 aliphatic rings. The number of methoxy groups -OCH3 is 2. The summed E-state index contributed by atoms with van der Waals surface area (Å²) < 4.78 is 11.6. The van der Waals surface area contributed by atoms with Crippen molar-refractivity contribution in [3.05, 3.63) is 22.2 Å². The molecule has 0 saturated heterocycles. The average Bonchev–Trinajstić information content (AvgIpc) is 2.81. The van der Waals surface area contributed by atoms with Crippen molar-refractivity contribution >= 4 is 15.9 Å². The van der Waals surface area contributed by atoms with Crippen LogP contribution in [0.2, 0.25) is 0 Å². The first kappa shape index (κ1) is 14.7. The molecule has 2 rings (SSSR count). The molecule has 1 aromatic carbocycles. The van der Waals surface area contributed by atoms with E-state index in [0.29, 0.717) is 6.04 Å². The number of rotatable bonds is 5. The van der Waals surface area contributed by atoms with Crippen molar-refractivity contribution in [3.8, 4) is 11.5 Å². The number of ether oxygens (including phenoxy) is 2. The molecule has 1 saturated carbocycles. The second kappa shape index (κ2) is 6.62. The number of hydrogen-bond acceptors (Lipinski definition) is 3. The lowest BCUT2D eigenvalue weighted by Crippen LogP contribution is -2.25. The average molecular weight is 328 g/mol. The fourth-order valence-corrected chi connectivity index (χ4v) is 3.38. The van der Waals surface area contributed by atoms with E-state index in [0.717, 1.165) is 28.4 Å². The predicted octanol–water partition coefficient (Wildman–Crippen LogP) is 3.74. The SMILES string of the molecule is COc1cc(CNC2CCC(C)C2)cc(Br)c1OC. The lowest BCUT2D eigenvalue weighted by Gasteiger charge is -2.15. The van der Waals surface area contributed by atoms with Crippen molar-refractivity contribution in [1.82, 2.24) is 5.32 Å². The first-order valence-corrected chi connectivity index (χ1v) is 7.57. The van der Waals surface area contributed by atoms with Gasteiger partial charge in [0.25, 0.3) is 0 Å². The van der Waals surface area contributed by atoms with Gasteiger partial charge in [0.1, 0.15) is 0 Å². The smallest absolute Gasteiger partial charge is 0.174 e. The van der Waals surface area contributed by atoms with Crippen LogP contribution < -0.4 is 14.8 Å². The molecule has 1 fully saturated rings. The minimum absolute atomic E-state index is 0.655. The van der Waals surface area contributed by atoms with Crippen molar-refractivity contribution in [2.75, 3.05) is 14.2 Å². The molecule has 3 nitrogen and oxygen atoms in total. The number of benzene rings is 1. The van der Waals surface area contributed by atoms with Crippen molar-refractivity contribution in [1.29, 1.82) is 0 Å². The van der Waals surface area contributed by atoms with Crippen LogP contribution >= 0.6 is 15.9 Å². The van der Waals surface area contributed by atoms with Crippen LogP contribution in [0.25, 0.3) is 0 Å². The Balaban J connectivity index is 2.02. The summed E-state index contributed by atoms with van der Waals surface area (Å²) in [5, 5.41) is 3.63. The highest BCUT2D eigenvalue weighted by molar-refractivity contribution is 9.10. The molecule has 0 spiro atoms. The van der Waals surface area contributed by atoms with Gasteiger partial charge >= 0.3 is 0 Å². The zero-order valence-corrected chi connectivity index (χ0v) is 13.4. The first-order chi connectivity index (χ1) is 9.13. The van der Waals surface area contributed by atoms with Gasteiger partial charge < -0.3 is 14.8 Å². The molecule has 0 radical (unpaired) electrons. The highest BCUT2D eigenvalue weighted by Gasteiger charge is 2.20. The zero-order valence-electron chi connectivity index (χ0n) is 11.8. The third kappa shape index (κ3) is 3.63. The van der Waals surface area contributed by atoms with E-state index < -0.39 is 0 Å². The number of nitrogens with one attached hydrogen (secondary N) is 1. The largest absolute Gasteiger partial charge is 0.493 e. The molecule has 0 heterocycles. The maximum absolute atomic E-state index is 5.36. The highest BCUT2D eigenvalue weighted by Crippen LogP contribution is 2.36. The molecule has 0 bridgehead atoms. The minimum Gasteiger partial charge on any atom is -0.493 e.